The van der Waals surface area contributed by atoms with E-state index in [0.717, 1.165) is 5.56 Å². The molecular formula is C7H7Cl2N. The fourth-order valence-electron chi connectivity index (χ4n) is 0.622. The van der Waals surface area contributed by atoms with Crippen molar-refractivity contribution in [3.8, 4) is 0 Å². The highest BCUT2D eigenvalue weighted by Gasteiger charge is 2.18. The molecule has 54 valence electrons. The van der Waals surface area contributed by atoms with Crippen molar-refractivity contribution in [2.24, 2.45) is 0 Å². The van der Waals surface area contributed by atoms with Gasteiger partial charge in [0.2, 0.25) is 0 Å². The Bertz CT molecular complexity index is 203. The van der Waals surface area contributed by atoms with Crippen LogP contribution in [0.5, 0.6) is 0 Å². The van der Waals surface area contributed by atoms with Gasteiger partial charge in [-0.15, -0.1) is 0 Å². The normalized spacial score (nSPS) is 11.5. The van der Waals surface area contributed by atoms with Gasteiger partial charge in [-0.3, -0.25) is 4.98 Å². The van der Waals surface area contributed by atoms with Crippen LogP contribution < -0.4 is 0 Å². The summed E-state index contributed by atoms with van der Waals surface area (Å²) >= 11 is 11.6. The number of hydrogen-bond donors (Lipinski definition) is 0. The SMILES string of the molecule is CC(Cl)(Cl)c1cccnc1. The van der Waals surface area contributed by atoms with Gasteiger partial charge in [-0.25, -0.2) is 0 Å². The van der Waals surface area contributed by atoms with E-state index in [0.29, 0.717) is 0 Å². The summed E-state index contributed by atoms with van der Waals surface area (Å²) in [6, 6.07) is 3.64. The van der Waals surface area contributed by atoms with Gasteiger partial charge in [0.25, 0.3) is 0 Å². The van der Waals surface area contributed by atoms with Gasteiger partial charge in [-0.05, 0) is 13.0 Å². The second-order valence-corrected chi connectivity index (χ2v) is 3.84. The van der Waals surface area contributed by atoms with Gasteiger partial charge < -0.3 is 0 Å². The molecule has 0 aromatic carbocycles. The number of aromatic nitrogens is 1. The van der Waals surface area contributed by atoms with E-state index < -0.39 is 4.33 Å². The molecule has 0 aliphatic rings. The van der Waals surface area contributed by atoms with Crippen molar-refractivity contribution in [3.05, 3.63) is 30.1 Å². The Hall–Kier alpha value is -0.270. The summed E-state index contributed by atoms with van der Waals surface area (Å²) < 4.78 is -0.825. The van der Waals surface area contributed by atoms with Gasteiger partial charge in [0.15, 0.2) is 0 Å². The lowest BCUT2D eigenvalue weighted by Gasteiger charge is -2.11. The third kappa shape index (κ3) is 1.86. The van der Waals surface area contributed by atoms with E-state index >= 15 is 0 Å². The van der Waals surface area contributed by atoms with Crippen molar-refractivity contribution in [2.75, 3.05) is 0 Å². The van der Waals surface area contributed by atoms with Crippen molar-refractivity contribution in [2.45, 2.75) is 11.3 Å². The van der Waals surface area contributed by atoms with Crippen LogP contribution in [0.15, 0.2) is 24.5 Å². The standard InChI is InChI=1S/C7H7Cl2N/c1-7(8,9)6-3-2-4-10-5-6/h2-5H,1H3. The Morgan fingerprint density at radius 3 is 2.50 bits per heavy atom. The summed E-state index contributed by atoms with van der Waals surface area (Å²) in [4.78, 5) is 3.88. The number of hydrogen-bond acceptors (Lipinski definition) is 1. The first-order valence-corrected chi connectivity index (χ1v) is 3.64. The molecule has 0 saturated carbocycles. The van der Waals surface area contributed by atoms with Crippen LogP contribution in [-0.2, 0) is 4.33 Å². The van der Waals surface area contributed by atoms with Crippen LogP contribution in [0.4, 0.5) is 0 Å². The molecule has 1 nitrogen and oxygen atoms in total. The maximum atomic E-state index is 5.78. The average Bonchev–Trinajstić information content (AvgIpc) is 1.88. The molecule has 1 rings (SSSR count). The summed E-state index contributed by atoms with van der Waals surface area (Å²) in [6.07, 6.45) is 3.34. The van der Waals surface area contributed by atoms with Crippen LogP contribution in [0.2, 0.25) is 0 Å². The third-order valence-corrected chi connectivity index (χ3v) is 1.60. The van der Waals surface area contributed by atoms with E-state index in [1.807, 2.05) is 6.07 Å². The lowest BCUT2D eigenvalue weighted by Crippen LogP contribution is -2.03. The molecule has 1 heterocycles. The Kier molecular flexibility index (Phi) is 2.17. The van der Waals surface area contributed by atoms with Gasteiger partial charge in [-0.2, -0.15) is 0 Å². The highest BCUT2D eigenvalue weighted by Crippen LogP contribution is 2.31. The zero-order chi connectivity index (χ0) is 7.61. The van der Waals surface area contributed by atoms with Gasteiger partial charge in [0, 0.05) is 18.0 Å². The Morgan fingerprint density at radius 2 is 2.20 bits per heavy atom. The van der Waals surface area contributed by atoms with Crippen LogP contribution >= 0.6 is 23.2 Å². The van der Waals surface area contributed by atoms with E-state index in [1.165, 1.54) is 0 Å². The summed E-state index contributed by atoms with van der Waals surface area (Å²) in [7, 11) is 0. The lowest BCUT2D eigenvalue weighted by atomic mass is 10.2. The van der Waals surface area contributed by atoms with Crippen LogP contribution in [0.25, 0.3) is 0 Å². The molecule has 0 amide bonds. The van der Waals surface area contributed by atoms with Crippen molar-refractivity contribution < 1.29 is 0 Å². The largest absolute Gasteiger partial charge is 0.264 e. The highest BCUT2D eigenvalue weighted by molar-refractivity contribution is 6.47. The zero-order valence-electron chi connectivity index (χ0n) is 5.51. The Balaban J connectivity index is 2.97. The van der Waals surface area contributed by atoms with E-state index in [1.54, 1.807) is 25.4 Å². The second-order valence-electron chi connectivity index (χ2n) is 2.13. The lowest BCUT2D eigenvalue weighted by molar-refractivity contribution is 0.961. The molecule has 0 aliphatic carbocycles. The molecule has 0 spiro atoms. The molecule has 1 aromatic heterocycles. The maximum Gasteiger partial charge on any atom is 0.141 e. The summed E-state index contributed by atoms with van der Waals surface area (Å²) in [5, 5.41) is 0. The molecule has 0 bridgehead atoms. The molecule has 0 radical (unpaired) electrons. The summed E-state index contributed by atoms with van der Waals surface area (Å²) in [5.41, 5.74) is 0.818. The monoisotopic (exact) mass is 175 g/mol. The van der Waals surface area contributed by atoms with Gasteiger partial charge >= 0.3 is 0 Å². The van der Waals surface area contributed by atoms with Crippen LogP contribution in [0.1, 0.15) is 12.5 Å². The van der Waals surface area contributed by atoms with E-state index in [9.17, 15) is 0 Å². The average molecular weight is 176 g/mol. The van der Waals surface area contributed by atoms with E-state index in [4.69, 9.17) is 23.2 Å². The number of halogens is 2. The molecule has 0 saturated heterocycles. The molecular weight excluding hydrogens is 169 g/mol. The smallest absolute Gasteiger partial charge is 0.141 e. The Labute approximate surface area is 70.0 Å². The van der Waals surface area contributed by atoms with Crippen molar-refractivity contribution in [1.29, 1.82) is 0 Å². The van der Waals surface area contributed by atoms with Crippen molar-refractivity contribution in [3.63, 3.8) is 0 Å². The molecule has 0 unspecified atom stereocenters. The topological polar surface area (TPSA) is 12.9 Å². The van der Waals surface area contributed by atoms with Crippen LogP contribution in [0.3, 0.4) is 0 Å². The zero-order valence-corrected chi connectivity index (χ0v) is 7.02. The molecule has 0 aliphatic heterocycles. The number of pyridine rings is 1. The third-order valence-electron chi connectivity index (χ3n) is 1.17. The molecule has 0 N–H and O–H groups in total. The molecule has 0 fully saturated rings. The summed E-state index contributed by atoms with van der Waals surface area (Å²) in [5.74, 6) is 0. The minimum absolute atomic E-state index is 0.818. The van der Waals surface area contributed by atoms with Crippen LogP contribution in [0, 0.1) is 0 Å². The van der Waals surface area contributed by atoms with E-state index in [-0.39, 0.29) is 0 Å². The fraction of sp³-hybridized carbons (Fsp3) is 0.286. The Morgan fingerprint density at radius 1 is 1.50 bits per heavy atom. The minimum Gasteiger partial charge on any atom is -0.264 e. The number of rotatable bonds is 1. The fourth-order valence-corrected chi connectivity index (χ4v) is 0.846. The van der Waals surface area contributed by atoms with Crippen molar-refractivity contribution in [1.82, 2.24) is 4.98 Å². The molecule has 0 atom stereocenters. The minimum atomic E-state index is -0.825. The maximum absolute atomic E-state index is 5.78. The number of nitrogens with zero attached hydrogens (tertiary/aromatic N) is 1. The quantitative estimate of drug-likeness (QED) is 0.599. The van der Waals surface area contributed by atoms with Crippen molar-refractivity contribution >= 4 is 23.2 Å². The first kappa shape index (κ1) is 7.83. The highest BCUT2D eigenvalue weighted by atomic mass is 35.5. The second kappa shape index (κ2) is 2.77. The van der Waals surface area contributed by atoms with Gasteiger partial charge in [0.05, 0.1) is 0 Å². The first-order valence-electron chi connectivity index (χ1n) is 2.89. The van der Waals surface area contributed by atoms with Gasteiger partial charge in [-0.1, -0.05) is 29.3 Å². The molecule has 3 heteroatoms. The van der Waals surface area contributed by atoms with E-state index in [2.05, 4.69) is 4.98 Å². The predicted molar refractivity (Wildman–Crippen MR) is 43.3 cm³/mol. The van der Waals surface area contributed by atoms with Crippen LogP contribution in [-0.4, -0.2) is 4.98 Å². The summed E-state index contributed by atoms with van der Waals surface area (Å²) in [6.45, 7) is 1.72. The predicted octanol–water partition coefficient (Wildman–Crippen LogP) is 2.73. The number of alkyl halides is 2. The first-order chi connectivity index (χ1) is 4.61. The molecule has 10 heavy (non-hydrogen) atoms. The molecule has 1 aromatic rings. The van der Waals surface area contributed by atoms with Gasteiger partial charge in [0.1, 0.15) is 4.33 Å².